The maximum atomic E-state index is 12.5. The van der Waals surface area contributed by atoms with Crippen LogP contribution in [0.3, 0.4) is 0 Å². The summed E-state index contributed by atoms with van der Waals surface area (Å²) < 4.78 is 42.8. The third-order valence-corrected chi connectivity index (χ3v) is 2.88. The van der Waals surface area contributed by atoms with Gasteiger partial charge in [0.1, 0.15) is 5.75 Å². The highest BCUT2D eigenvalue weighted by atomic mass is 35.5. The number of rotatable bonds is 0. The summed E-state index contributed by atoms with van der Waals surface area (Å²) >= 11 is 5.68. The summed E-state index contributed by atoms with van der Waals surface area (Å²) in [7, 11) is 0. The van der Waals surface area contributed by atoms with Gasteiger partial charge in [-0.05, 0) is 6.07 Å². The maximum absolute atomic E-state index is 12.5. The molecule has 1 heterocycles. The smallest absolute Gasteiger partial charge is 0.417 e. The van der Waals surface area contributed by atoms with E-state index in [-0.39, 0.29) is 30.8 Å². The number of ether oxygens (including phenoxy) is 1. The van der Waals surface area contributed by atoms with Crippen LogP contribution in [-0.4, -0.2) is 6.61 Å². The minimum atomic E-state index is -4.48. The molecule has 1 aromatic rings. The summed E-state index contributed by atoms with van der Waals surface area (Å²) in [6, 6.07) is 1.95. The summed E-state index contributed by atoms with van der Waals surface area (Å²) in [6.45, 7) is 0.287. The Balaban J connectivity index is 0.00000144. The fourth-order valence-corrected chi connectivity index (χ4v) is 2.01. The van der Waals surface area contributed by atoms with Crippen molar-refractivity contribution < 1.29 is 17.9 Å². The molecule has 0 amide bonds. The zero-order valence-electron chi connectivity index (χ0n) is 8.55. The highest BCUT2D eigenvalue weighted by Crippen LogP contribution is 2.44. The van der Waals surface area contributed by atoms with Gasteiger partial charge in [0.05, 0.1) is 17.2 Å². The van der Waals surface area contributed by atoms with Crippen molar-refractivity contribution in [1.29, 1.82) is 0 Å². The first-order valence-corrected chi connectivity index (χ1v) is 5.07. The highest BCUT2D eigenvalue weighted by molar-refractivity contribution is 6.33. The Morgan fingerprint density at radius 3 is 2.59 bits per heavy atom. The molecule has 0 bridgehead atoms. The predicted octanol–water partition coefficient (Wildman–Crippen LogP) is 3.56. The minimum Gasteiger partial charge on any atom is -0.492 e. The van der Waals surface area contributed by atoms with E-state index in [2.05, 4.69) is 0 Å². The van der Waals surface area contributed by atoms with Gasteiger partial charge in [0.25, 0.3) is 0 Å². The third kappa shape index (κ3) is 2.61. The lowest BCUT2D eigenvalue weighted by atomic mass is 9.99. The van der Waals surface area contributed by atoms with Gasteiger partial charge in [-0.3, -0.25) is 0 Å². The Labute approximate surface area is 107 Å². The summed E-state index contributed by atoms with van der Waals surface area (Å²) in [5.74, 6) is 0.0650. The van der Waals surface area contributed by atoms with Crippen molar-refractivity contribution in [2.24, 2.45) is 5.73 Å². The van der Waals surface area contributed by atoms with Crippen molar-refractivity contribution in [3.05, 3.63) is 28.3 Å². The van der Waals surface area contributed by atoms with Gasteiger partial charge in [-0.15, -0.1) is 12.4 Å². The molecule has 0 spiro atoms. The monoisotopic (exact) mass is 287 g/mol. The third-order valence-electron chi connectivity index (χ3n) is 2.51. The topological polar surface area (TPSA) is 35.2 Å². The van der Waals surface area contributed by atoms with Crippen LogP contribution in [0.4, 0.5) is 13.2 Å². The molecule has 0 radical (unpaired) electrons. The number of nitrogens with two attached hydrogens (primary N) is 1. The molecule has 0 fully saturated rings. The molecule has 1 atom stereocenters. The fraction of sp³-hybridized carbons (Fsp3) is 0.400. The quantitative estimate of drug-likeness (QED) is 0.792. The normalized spacial score (nSPS) is 19.0. The lowest BCUT2D eigenvalue weighted by molar-refractivity contribution is -0.137. The minimum absolute atomic E-state index is 0. The molecular weight excluding hydrogens is 278 g/mol. The second kappa shape index (κ2) is 4.92. The van der Waals surface area contributed by atoms with Crippen LogP contribution in [0.15, 0.2) is 12.1 Å². The molecule has 0 aromatic heterocycles. The van der Waals surface area contributed by atoms with E-state index in [0.717, 1.165) is 6.07 Å². The number of hydrogen-bond acceptors (Lipinski definition) is 2. The molecule has 7 heteroatoms. The second-order valence-corrected chi connectivity index (χ2v) is 3.96. The first kappa shape index (κ1) is 14.4. The summed E-state index contributed by atoms with van der Waals surface area (Å²) in [5, 5.41) is -0.403. The molecule has 0 saturated carbocycles. The van der Waals surface area contributed by atoms with Crippen LogP contribution in [0, 0.1) is 0 Å². The molecule has 17 heavy (non-hydrogen) atoms. The Morgan fingerprint density at radius 2 is 2.00 bits per heavy atom. The van der Waals surface area contributed by atoms with Crippen molar-refractivity contribution in [1.82, 2.24) is 0 Å². The number of fused-ring (bicyclic) bond motifs is 1. The van der Waals surface area contributed by atoms with Gasteiger partial charge in [-0.1, -0.05) is 17.7 Å². The number of hydrogen-bond donors (Lipinski definition) is 1. The van der Waals surface area contributed by atoms with E-state index in [1.54, 1.807) is 0 Å². The van der Waals surface area contributed by atoms with E-state index in [9.17, 15) is 13.2 Å². The molecule has 1 aromatic carbocycles. The first-order valence-electron chi connectivity index (χ1n) is 4.69. The van der Waals surface area contributed by atoms with E-state index in [4.69, 9.17) is 22.1 Å². The van der Waals surface area contributed by atoms with E-state index >= 15 is 0 Å². The van der Waals surface area contributed by atoms with Gasteiger partial charge in [0, 0.05) is 18.0 Å². The number of alkyl halides is 3. The average Bonchev–Trinajstić information content (AvgIpc) is 2.18. The molecule has 1 aliphatic rings. The van der Waals surface area contributed by atoms with E-state index in [1.807, 2.05) is 0 Å². The van der Waals surface area contributed by atoms with Crippen molar-refractivity contribution in [2.75, 3.05) is 6.61 Å². The molecule has 1 aliphatic heterocycles. The van der Waals surface area contributed by atoms with Crippen LogP contribution in [0.1, 0.15) is 23.6 Å². The van der Waals surface area contributed by atoms with Gasteiger partial charge >= 0.3 is 6.18 Å². The number of benzene rings is 1. The number of halogens is 5. The van der Waals surface area contributed by atoms with Gasteiger partial charge in [0.2, 0.25) is 0 Å². The maximum Gasteiger partial charge on any atom is 0.417 e. The molecule has 96 valence electrons. The molecule has 2 nitrogen and oxygen atoms in total. The van der Waals surface area contributed by atoms with Crippen molar-refractivity contribution in [2.45, 2.75) is 18.6 Å². The lowest BCUT2D eigenvalue weighted by Gasteiger charge is -2.25. The van der Waals surface area contributed by atoms with Crippen molar-refractivity contribution >= 4 is 24.0 Å². The van der Waals surface area contributed by atoms with Gasteiger partial charge in [0.15, 0.2) is 0 Å². The summed E-state index contributed by atoms with van der Waals surface area (Å²) in [5.41, 5.74) is 5.40. The Morgan fingerprint density at radius 1 is 1.35 bits per heavy atom. The molecule has 0 saturated heterocycles. The molecule has 0 aliphatic carbocycles. The zero-order chi connectivity index (χ0) is 11.9. The van der Waals surface area contributed by atoms with Crippen LogP contribution in [0.2, 0.25) is 5.02 Å². The van der Waals surface area contributed by atoms with Crippen molar-refractivity contribution in [3.8, 4) is 5.75 Å². The van der Waals surface area contributed by atoms with Gasteiger partial charge in [-0.2, -0.15) is 13.2 Å². The van der Waals surface area contributed by atoms with E-state index in [1.165, 1.54) is 6.07 Å². The molecule has 2 N–H and O–H groups in total. The predicted molar refractivity (Wildman–Crippen MR) is 60.7 cm³/mol. The van der Waals surface area contributed by atoms with Crippen LogP contribution >= 0.6 is 24.0 Å². The summed E-state index contributed by atoms with van der Waals surface area (Å²) in [6.07, 6.45) is -3.90. The second-order valence-electron chi connectivity index (χ2n) is 3.59. The van der Waals surface area contributed by atoms with Crippen LogP contribution in [-0.2, 0) is 6.18 Å². The van der Waals surface area contributed by atoms with Crippen molar-refractivity contribution in [3.63, 3.8) is 0 Å². The largest absolute Gasteiger partial charge is 0.492 e. The first-order chi connectivity index (χ1) is 7.41. The Kier molecular flexibility index (Phi) is 4.17. The Hall–Kier alpha value is -0.650. The van der Waals surface area contributed by atoms with Crippen LogP contribution in [0.25, 0.3) is 0 Å². The fourth-order valence-electron chi connectivity index (χ4n) is 1.67. The molecular formula is C10H10Cl2F3NO. The highest BCUT2D eigenvalue weighted by Gasteiger charge is 2.36. The average molecular weight is 288 g/mol. The Bertz CT molecular complexity index is 423. The summed E-state index contributed by atoms with van der Waals surface area (Å²) in [4.78, 5) is 0. The lowest BCUT2D eigenvalue weighted by Crippen LogP contribution is -2.21. The molecule has 2 rings (SSSR count). The van der Waals surface area contributed by atoms with Gasteiger partial charge < -0.3 is 10.5 Å². The van der Waals surface area contributed by atoms with E-state index in [0.29, 0.717) is 12.0 Å². The van der Waals surface area contributed by atoms with E-state index < -0.39 is 16.8 Å². The van der Waals surface area contributed by atoms with Gasteiger partial charge in [-0.25, -0.2) is 0 Å². The van der Waals surface area contributed by atoms with Crippen LogP contribution < -0.4 is 10.5 Å². The zero-order valence-corrected chi connectivity index (χ0v) is 10.1. The standard InChI is InChI=1S/C10H9ClF3NO.ClH/c11-8-6(10(12,13)14)2-1-5-7(15)3-4-16-9(5)8;/h1-2,7H,3-4,15H2;1H/t7-;/m1./s1. The van der Waals surface area contributed by atoms with Crippen LogP contribution in [0.5, 0.6) is 5.75 Å². The molecule has 0 unspecified atom stereocenters. The SMILES string of the molecule is Cl.N[C@@H]1CCOc2c1ccc(C(F)(F)F)c2Cl.